The largest absolute Gasteiger partial charge is 0.502 e. The highest BCUT2D eigenvalue weighted by atomic mass is 19.4. The number of pyridine rings is 3. The molecule has 0 spiro atoms. The van der Waals surface area contributed by atoms with Crippen LogP contribution in [0.3, 0.4) is 0 Å². The van der Waals surface area contributed by atoms with Crippen LogP contribution in [0.25, 0.3) is 33.8 Å². The average Bonchev–Trinajstić information content (AvgIpc) is 1.63. The summed E-state index contributed by atoms with van der Waals surface area (Å²) in [6.07, 6.45) is 8.06. The lowest BCUT2D eigenvalue weighted by molar-refractivity contribution is -0.384. The standard InChI is InChI=1S/C29H31F3N4O4.C24H23F3N4O2.C17H25BN2O4.C16H16FN3O2/c1-28(2,3)40-27(37)35(19-20-8-7-9-21(16-20)29(30,31)32)23-12-13-33-25(18-23)24-17-22(10-11-26(24)36(38)39)34-14-5-4-6-15-34;25-24(26,27)18-6-4-5-17(13-18)16-29-19-9-10-28-22(14-19)21-15-20(7-8-23(21)31(32)33)30-11-2-1-3-12-30;1-16(2)17(3,4)24-18(23-16)14-12-13(8-9-15(14)20(21)22)19-10-6-5-7-11-19;17-12-6-7-18-15(10-12)14-11-13(4-5-16(14)20(21)22)19-8-2-1-3-9-19/h7-13,16-18H,4-6,14-15,19H2,1-3H3;4-10,13-15H,1-3,11-12,16H2,(H,28,29);8-9,12H,5-7,10-11H2,1-4H3;4-7,10-11H,1-3,8-9H2. The van der Waals surface area contributed by atoms with Gasteiger partial charge in [-0.2, -0.15) is 26.3 Å². The van der Waals surface area contributed by atoms with Crippen LogP contribution in [0.5, 0.6) is 0 Å². The molecule has 1 N–H and O–H groups in total. The molecule has 8 heterocycles. The molecule has 0 bridgehead atoms. The van der Waals surface area contributed by atoms with Crippen LogP contribution >= 0.6 is 0 Å². The van der Waals surface area contributed by atoms with E-state index in [-0.39, 0.29) is 69.0 Å². The van der Waals surface area contributed by atoms with Crippen molar-refractivity contribution in [3.8, 4) is 33.8 Å². The number of nitro groups is 4. The number of benzene rings is 6. The zero-order chi connectivity index (χ0) is 85.6. The third-order valence-electron chi connectivity index (χ3n) is 21.5. The molecule has 119 heavy (non-hydrogen) atoms. The Morgan fingerprint density at radius 3 is 1.24 bits per heavy atom. The molecule has 5 aliphatic heterocycles. The third kappa shape index (κ3) is 23.1. The van der Waals surface area contributed by atoms with E-state index in [1.807, 2.05) is 39.8 Å². The number of alkyl halides is 6. The van der Waals surface area contributed by atoms with Crippen molar-refractivity contribution < 1.29 is 69.3 Å². The molecule has 5 fully saturated rings. The maximum atomic E-state index is 13.4. The van der Waals surface area contributed by atoms with Gasteiger partial charge in [-0.25, -0.2) is 9.18 Å². The Balaban J connectivity index is 0.000000160. The van der Waals surface area contributed by atoms with Gasteiger partial charge in [0.1, 0.15) is 11.4 Å². The number of ether oxygens (including phenoxy) is 1. The Labute approximate surface area is 685 Å². The molecule has 6 aromatic carbocycles. The van der Waals surface area contributed by atoms with E-state index in [4.69, 9.17) is 14.0 Å². The Bertz CT molecular complexity index is 5070. The maximum Gasteiger partial charge on any atom is 0.502 e. The molecule has 5 saturated heterocycles. The number of nitrogens with one attached hydrogen (secondary N) is 1. The van der Waals surface area contributed by atoms with Crippen molar-refractivity contribution in [2.24, 2.45) is 0 Å². The van der Waals surface area contributed by atoms with Gasteiger partial charge in [-0.15, -0.1) is 0 Å². The Morgan fingerprint density at radius 2 is 0.840 bits per heavy atom. The van der Waals surface area contributed by atoms with E-state index in [0.29, 0.717) is 33.5 Å². The van der Waals surface area contributed by atoms with Gasteiger partial charge in [-0.05, 0) is 240 Å². The Hall–Kier alpha value is -11.9. The third-order valence-corrected chi connectivity index (χ3v) is 21.5. The van der Waals surface area contributed by atoms with Crippen molar-refractivity contribution in [3.63, 3.8) is 0 Å². The number of amides is 1. The fourth-order valence-corrected chi connectivity index (χ4v) is 14.6. The monoisotopic (exact) mass is 1650 g/mol. The molecule has 5 aliphatic rings. The van der Waals surface area contributed by atoms with Gasteiger partial charge in [0.15, 0.2) is 0 Å². The van der Waals surface area contributed by atoms with E-state index in [1.165, 1.54) is 103 Å². The maximum absolute atomic E-state index is 13.4. The first-order valence-corrected chi connectivity index (χ1v) is 39.6. The van der Waals surface area contributed by atoms with E-state index in [2.05, 4.69) is 39.9 Å². The summed E-state index contributed by atoms with van der Waals surface area (Å²) in [7, 11) is -0.722. The summed E-state index contributed by atoms with van der Waals surface area (Å²) in [5, 5.41) is 49.4. The van der Waals surface area contributed by atoms with E-state index in [0.717, 1.165) is 157 Å². The zero-order valence-corrected chi connectivity index (χ0v) is 67.3. The van der Waals surface area contributed by atoms with Gasteiger partial charge >= 0.3 is 25.6 Å². The second-order valence-corrected chi connectivity index (χ2v) is 31.7. The molecule has 0 unspecified atom stereocenters. The van der Waals surface area contributed by atoms with Crippen molar-refractivity contribution >= 4 is 75.5 Å². The minimum Gasteiger partial charge on any atom is -0.443 e. The molecule has 25 nitrogen and oxygen atoms in total. The topological polar surface area (TPSA) is 284 Å². The number of carbonyl (C=O) groups excluding carboxylic acids is 1. The molecule has 1 amide bonds. The van der Waals surface area contributed by atoms with Gasteiger partial charge in [0.25, 0.3) is 22.7 Å². The normalized spacial score (nSPS) is 16.0. The van der Waals surface area contributed by atoms with E-state index in [1.54, 1.807) is 81.4 Å². The van der Waals surface area contributed by atoms with E-state index in [9.17, 15) is 76.0 Å². The van der Waals surface area contributed by atoms with Crippen molar-refractivity contribution in [1.82, 2.24) is 15.0 Å². The fraction of sp³-hybridized carbons (Fsp3) is 0.395. The smallest absolute Gasteiger partial charge is 0.443 e. The summed E-state index contributed by atoms with van der Waals surface area (Å²) in [5.74, 6) is -0.456. The molecule has 628 valence electrons. The lowest BCUT2D eigenvalue weighted by atomic mass is 9.77. The number of nitro benzene ring substituents is 4. The van der Waals surface area contributed by atoms with Crippen molar-refractivity contribution in [2.45, 2.75) is 168 Å². The van der Waals surface area contributed by atoms with Crippen LogP contribution < -0.4 is 35.3 Å². The van der Waals surface area contributed by atoms with Crippen molar-refractivity contribution in [3.05, 3.63) is 245 Å². The SMILES string of the molecule is CC(C)(C)OC(=O)N(Cc1cccc(C(F)(F)F)c1)c1ccnc(-c2cc(N3CCCCC3)ccc2[N+](=O)[O-])c1.CC1(C)OB(c2cc(N3CCCCC3)ccc2[N+](=O)[O-])OC1(C)C.O=[N+]([O-])c1ccc(N2CCCCC2)cc1-c1cc(F)ccn1.O=[N+]([O-])c1ccc(N2CCCCC2)cc1-c1cc(NCc2cccc(C(F)(F)F)c2)ccn1. The lowest BCUT2D eigenvalue weighted by Gasteiger charge is -2.32. The predicted molar refractivity (Wildman–Crippen MR) is 445 cm³/mol. The summed E-state index contributed by atoms with van der Waals surface area (Å²) in [4.78, 5) is 80.6. The van der Waals surface area contributed by atoms with Gasteiger partial charge in [0, 0.05) is 136 Å². The molecule has 0 saturated carbocycles. The van der Waals surface area contributed by atoms with Gasteiger partial charge in [0.05, 0.1) is 93.5 Å². The minimum atomic E-state index is -4.55. The molecule has 33 heteroatoms. The molecular formula is C86H95BF7N13O12. The number of hydrogen-bond donors (Lipinski definition) is 1. The highest BCUT2D eigenvalue weighted by molar-refractivity contribution is 6.63. The Morgan fingerprint density at radius 1 is 0.471 bits per heavy atom. The first-order valence-electron chi connectivity index (χ1n) is 39.6. The fourth-order valence-electron chi connectivity index (χ4n) is 14.6. The first kappa shape index (κ1) is 88.0. The van der Waals surface area contributed by atoms with E-state index < -0.39 is 74.1 Å². The number of halogens is 7. The lowest BCUT2D eigenvalue weighted by Crippen LogP contribution is -2.41. The van der Waals surface area contributed by atoms with Crippen molar-refractivity contribution in [2.75, 3.05) is 82.2 Å². The van der Waals surface area contributed by atoms with Crippen LogP contribution in [0.4, 0.5) is 92.4 Å². The summed E-state index contributed by atoms with van der Waals surface area (Å²) in [6, 6.07) is 38.8. The number of carbonyl (C=O) groups is 1. The Kier molecular flexibility index (Phi) is 28.3. The van der Waals surface area contributed by atoms with Crippen LogP contribution in [0.15, 0.2) is 176 Å². The van der Waals surface area contributed by atoms with Crippen LogP contribution in [-0.4, -0.2) is 117 Å². The van der Waals surface area contributed by atoms with Crippen LogP contribution in [0, 0.1) is 46.3 Å². The first-order chi connectivity index (χ1) is 56.5. The molecule has 0 aliphatic carbocycles. The van der Waals surface area contributed by atoms with Crippen molar-refractivity contribution in [1.29, 1.82) is 0 Å². The average molecular weight is 1650 g/mol. The second-order valence-electron chi connectivity index (χ2n) is 31.7. The molecule has 14 rings (SSSR count). The summed E-state index contributed by atoms with van der Waals surface area (Å²) < 4.78 is 110. The van der Waals surface area contributed by atoms with E-state index >= 15 is 0 Å². The molecule has 0 radical (unpaired) electrons. The van der Waals surface area contributed by atoms with Crippen LogP contribution in [-0.2, 0) is 39.5 Å². The molecular weight excluding hydrogens is 1550 g/mol. The molecule has 9 aromatic rings. The van der Waals surface area contributed by atoms with Crippen LogP contribution in [0.2, 0.25) is 0 Å². The highest BCUT2D eigenvalue weighted by Gasteiger charge is 2.53. The number of rotatable bonds is 18. The number of nitrogens with zero attached hydrogens (tertiary/aromatic N) is 12. The van der Waals surface area contributed by atoms with Gasteiger partial charge < -0.3 is 39.0 Å². The second kappa shape index (κ2) is 38.2. The quantitative estimate of drug-likeness (QED) is 0.0361. The summed E-state index contributed by atoms with van der Waals surface area (Å²) in [6.45, 7) is 20.1. The number of hydrogen-bond acceptors (Lipinski definition) is 20. The van der Waals surface area contributed by atoms with Gasteiger partial charge in [-0.1, -0.05) is 24.3 Å². The summed E-state index contributed by atoms with van der Waals surface area (Å²) in [5.41, 5.74) is 4.11. The predicted octanol–water partition coefficient (Wildman–Crippen LogP) is 20.6. The number of anilines is 6. The van der Waals surface area contributed by atoms with Crippen LogP contribution in [0.1, 0.15) is 148 Å². The minimum absolute atomic E-state index is 0.0433. The molecule has 3 aromatic heterocycles. The van der Waals surface area contributed by atoms with Gasteiger partial charge in [0.2, 0.25) is 0 Å². The number of piperidine rings is 4. The number of aromatic nitrogens is 3. The highest BCUT2D eigenvalue weighted by Crippen LogP contribution is 2.42. The van der Waals surface area contributed by atoms with Gasteiger partial charge in [-0.3, -0.25) is 60.3 Å². The zero-order valence-electron chi connectivity index (χ0n) is 67.3. The summed E-state index contributed by atoms with van der Waals surface area (Å²) >= 11 is 0. The molecule has 0 atom stereocenters.